The molecule has 4 rings (SSSR count). The Balaban J connectivity index is 1.70. The maximum Gasteiger partial charge on any atom is 0.332 e. The molecule has 1 N–H and O–H groups in total. The summed E-state index contributed by atoms with van der Waals surface area (Å²) in [7, 11) is 0.365. The van der Waals surface area contributed by atoms with Crippen LogP contribution < -0.4 is 21.3 Å². The van der Waals surface area contributed by atoms with Gasteiger partial charge in [-0.05, 0) is 24.3 Å². The monoisotopic (exact) mass is 489 g/mol. The van der Waals surface area contributed by atoms with Crippen molar-refractivity contribution in [2.45, 2.75) is 4.90 Å². The van der Waals surface area contributed by atoms with Crippen LogP contribution in [0.4, 0.5) is 5.69 Å². The van der Waals surface area contributed by atoms with Gasteiger partial charge in [0.15, 0.2) is 0 Å². The van der Waals surface area contributed by atoms with Crippen LogP contribution in [-0.4, -0.2) is 66.2 Å². The molecule has 3 aromatic rings. The third-order valence-electron chi connectivity index (χ3n) is 5.57. The van der Waals surface area contributed by atoms with Crippen LogP contribution in [0.3, 0.4) is 0 Å². The molecule has 3 heterocycles. The number of nitrogens with one attached hydrogen (secondary N) is 1. The zero-order valence-electron chi connectivity index (χ0n) is 18.8. The van der Waals surface area contributed by atoms with E-state index in [4.69, 9.17) is 9.47 Å². The molecule has 0 bridgehead atoms. The van der Waals surface area contributed by atoms with Crippen molar-refractivity contribution in [2.24, 2.45) is 14.1 Å². The maximum atomic E-state index is 13.1. The maximum absolute atomic E-state index is 13.1. The number of pyridine rings is 1. The van der Waals surface area contributed by atoms with Crippen molar-refractivity contribution < 1.29 is 22.7 Å². The molecule has 1 saturated heterocycles. The van der Waals surface area contributed by atoms with E-state index in [2.05, 4.69) is 10.3 Å². The molecule has 12 nitrogen and oxygen atoms in total. The second kappa shape index (κ2) is 9.00. The number of benzene rings is 1. The van der Waals surface area contributed by atoms with Gasteiger partial charge in [-0.15, -0.1) is 0 Å². The van der Waals surface area contributed by atoms with Crippen molar-refractivity contribution in [3.8, 4) is 5.75 Å². The van der Waals surface area contributed by atoms with Gasteiger partial charge in [0.2, 0.25) is 10.0 Å². The molecule has 0 saturated carbocycles. The van der Waals surface area contributed by atoms with E-state index in [1.54, 1.807) is 0 Å². The van der Waals surface area contributed by atoms with Gasteiger partial charge < -0.3 is 14.8 Å². The molecule has 1 fully saturated rings. The third kappa shape index (κ3) is 4.08. The highest BCUT2D eigenvalue weighted by molar-refractivity contribution is 7.89. The number of carbonyl (C=O) groups excluding carboxylic acids is 1. The van der Waals surface area contributed by atoms with Gasteiger partial charge in [0.1, 0.15) is 11.4 Å². The van der Waals surface area contributed by atoms with Gasteiger partial charge in [-0.1, -0.05) is 0 Å². The minimum atomic E-state index is -3.83. The van der Waals surface area contributed by atoms with E-state index in [1.165, 1.54) is 60.5 Å². The normalized spacial score (nSPS) is 14.8. The lowest BCUT2D eigenvalue weighted by atomic mass is 10.2. The molecule has 0 radical (unpaired) electrons. The molecule has 13 heteroatoms. The van der Waals surface area contributed by atoms with E-state index in [-0.39, 0.29) is 46.0 Å². The molecule has 1 aliphatic rings. The number of rotatable bonds is 5. The zero-order chi connectivity index (χ0) is 24.6. The summed E-state index contributed by atoms with van der Waals surface area (Å²) in [5.41, 5.74) is -0.730. The molecule has 1 aromatic carbocycles. The largest absolute Gasteiger partial charge is 0.496 e. The fraction of sp³-hybridized carbons (Fsp3) is 0.333. The van der Waals surface area contributed by atoms with Gasteiger partial charge in [0.05, 0.1) is 48.1 Å². The molecule has 34 heavy (non-hydrogen) atoms. The van der Waals surface area contributed by atoms with Crippen LogP contribution in [-0.2, 0) is 28.9 Å². The first-order valence-electron chi connectivity index (χ1n) is 10.3. The quantitative estimate of drug-likeness (QED) is 0.524. The second-order valence-electron chi connectivity index (χ2n) is 7.63. The Labute approximate surface area is 194 Å². The smallest absolute Gasteiger partial charge is 0.332 e. The Bertz CT molecular complexity index is 1500. The first-order chi connectivity index (χ1) is 16.1. The number of sulfonamides is 1. The number of fused-ring (bicyclic) bond motifs is 1. The van der Waals surface area contributed by atoms with Crippen molar-refractivity contribution in [2.75, 3.05) is 38.7 Å². The van der Waals surface area contributed by atoms with Gasteiger partial charge >= 0.3 is 5.69 Å². The summed E-state index contributed by atoms with van der Waals surface area (Å²) in [5, 5.41) is 2.76. The topological polar surface area (TPSA) is 142 Å². The Kier molecular flexibility index (Phi) is 6.25. The average Bonchev–Trinajstić information content (AvgIpc) is 2.86. The van der Waals surface area contributed by atoms with Crippen LogP contribution in [0, 0.1) is 0 Å². The van der Waals surface area contributed by atoms with Crippen LogP contribution in [0.2, 0.25) is 0 Å². The number of aryl methyl sites for hydroxylation is 1. The zero-order valence-corrected chi connectivity index (χ0v) is 19.6. The number of methoxy groups -OCH3 is 1. The fourth-order valence-electron chi connectivity index (χ4n) is 3.69. The Morgan fingerprint density at radius 2 is 1.82 bits per heavy atom. The number of hydrogen-bond donors (Lipinski definition) is 1. The van der Waals surface area contributed by atoms with Crippen molar-refractivity contribution in [3.63, 3.8) is 0 Å². The molecule has 0 unspecified atom stereocenters. The lowest BCUT2D eigenvalue weighted by Gasteiger charge is -2.26. The van der Waals surface area contributed by atoms with Gasteiger partial charge in [-0.2, -0.15) is 4.31 Å². The second-order valence-corrected chi connectivity index (χ2v) is 9.57. The minimum Gasteiger partial charge on any atom is -0.496 e. The first kappa shape index (κ1) is 23.6. The number of morpholine rings is 1. The summed E-state index contributed by atoms with van der Waals surface area (Å²) >= 11 is 0. The van der Waals surface area contributed by atoms with E-state index < -0.39 is 27.2 Å². The summed E-state index contributed by atoms with van der Waals surface area (Å²) < 4.78 is 40.0. The van der Waals surface area contributed by atoms with Gasteiger partial charge in [-0.3, -0.25) is 18.7 Å². The molecule has 0 atom stereocenters. The lowest BCUT2D eigenvalue weighted by molar-refractivity contribution is 0.0730. The van der Waals surface area contributed by atoms with Crippen LogP contribution in [0.15, 0.2) is 44.9 Å². The summed E-state index contributed by atoms with van der Waals surface area (Å²) in [6.45, 7) is 1.03. The van der Waals surface area contributed by atoms with Crippen LogP contribution in [0.25, 0.3) is 11.0 Å². The number of aromatic nitrogens is 3. The van der Waals surface area contributed by atoms with E-state index in [0.717, 1.165) is 4.57 Å². The molecule has 180 valence electrons. The fourth-order valence-corrected chi connectivity index (χ4v) is 5.13. The molecule has 1 amide bonds. The standard InChI is InChI=1S/C21H23N5O7S/c1-24-18-16(20(28)25(2)21(24)29)10-13(12-22-18)23-19(27)15-11-14(4-5-17(15)32-3)34(30,31)26-6-8-33-9-7-26/h4-5,10-12H,6-9H2,1-3H3,(H,23,27). The predicted molar refractivity (Wildman–Crippen MR) is 123 cm³/mol. The highest BCUT2D eigenvalue weighted by Gasteiger charge is 2.28. The van der Waals surface area contributed by atoms with Crippen LogP contribution in [0.5, 0.6) is 5.75 Å². The Morgan fingerprint density at radius 3 is 2.50 bits per heavy atom. The minimum absolute atomic E-state index is 0.00899. The predicted octanol–water partition coefficient (Wildman–Crippen LogP) is -0.0860. The summed E-state index contributed by atoms with van der Waals surface area (Å²) in [5.74, 6) is -0.482. The van der Waals surface area contributed by atoms with Crippen molar-refractivity contribution in [3.05, 3.63) is 56.9 Å². The Morgan fingerprint density at radius 1 is 1.12 bits per heavy atom. The number of hydrogen-bond acceptors (Lipinski definition) is 8. The van der Waals surface area contributed by atoms with Crippen LogP contribution in [0.1, 0.15) is 10.4 Å². The lowest BCUT2D eigenvalue weighted by Crippen LogP contribution is -2.40. The third-order valence-corrected chi connectivity index (χ3v) is 7.47. The summed E-state index contributed by atoms with van der Waals surface area (Å²) in [6, 6.07) is 5.44. The molecule has 1 aliphatic heterocycles. The number of nitrogens with zero attached hydrogens (tertiary/aromatic N) is 4. The average molecular weight is 490 g/mol. The van der Waals surface area contributed by atoms with Crippen LogP contribution >= 0.6 is 0 Å². The number of ether oxygens (including phenoxy) is 2. The molecular formula is C21H23N5O7S. The van der Waals surface area contributed by atoms with E-state index >= 15 is 0 Å². The molecule has 0 aliphatic carbocycles. The number of anilines is 1. The van der Waals surface area contributed by atoms with Crippen molar-refractivity contribution >= 4 is 32.7 Å². The first-order valence-corrected chi connectivity index (χ1v) is 11.7. The van der Waals surface area contributed by atoms with Gasteiger partial charge in [0, 0.05) is 27.2 Å². The number of amides is 1. The SMILES string of the molecule is COc1ccc(S(=O)(=O)N2CCOCC2)cc1C(=O)Nc1cnc2c(c1)c(=O)n(C)c(=O)n2C. The highest BCUT2D eigenvalue weighted by Crippen LogP contribution is 2.26. The Hall–Kier alpha value is -3.55. The van der Waals surface area contributed by atoms with Gasteiger partial charge in [0.25, 0.3) is 11.5 Å². The summed E-state index contributed by atoms with van der Waals surface area (Å²) in [6.07, 6.45) is 1.31. The molecular weight excluding hydrogens is 466 g/mol. The molecule has 2 aromatic heterocycles. The van der Waals surface area contributed by atoms with E-state index in [1.807, 2.05) is 0 Å². The van der Waals surface area contributed by atoms with Crippen molar-refractivity contribution in [1.29, 1.82) is 0 Å². The molecule has 0 spiro atoms. The highest BCUT2D eigenvalue weighted by atomic mass is 32.2. The number of carbonyl (C=O) groups is 1. The van der Waals surface area contributed by atoms with Gasteiger partial charge in [-0.25, -0.2) is 18.2 Å². The van der Waals surface area contributed by atoms with E-state index in [9.17, 15) is 22.8 Å². The van der Waals surface area contributed by atoms with Crippen molar-refractivity contribution in [1.82, 2.24) is 18.4 Å². The van der Waals surface area contributed by atoms with E-state index in [0.29, 0.717) is 13.2 Å². The summed E-state index contributed by atoms with van der Waals surface area (Å²) in [4.78, 5) is 41.8.